The second kappa shape index (κ2) is 7.37. The number of fused-ring (bicyclic) bond motifs is 1. The van der Waals surface area contributed by atoms with E-state index in [0.717, 1.165) is 41.3 Å². The van der Waals surface area contributed by atoms with Crippen molar-refractivity contribution in [2.75, 3.05) is 5.32 Å². The topological polar surface area (TPSA) is 72.7 Å². The lowest BCUT2D eigenvalue weighted by Gasteiger charge is -2.33. The Kier molecular flexibility index (Phi) is 4.54. The van der Waals surface area contributed by atoms with Crippen LogP contribution in [0.5, 0.6) is 0 Å². The normalized spacial score (nSPS) is 17.1. The number of nitrogens with one attached hydrogen (secondary N) is 1. The van der Waals surface area contributed by atoms with Crippen LogP contribution in [0.25, 0.3) is 6.08 Å². The Morgan fingerprint density at radius 2 is 1.83 bits per heavy atom. The number of nitrogens with zero attached hydrogens (tertiary/aromatic N) is 4. The summed E-state index contributed by atoms with van der Waals surface area (Å²) in [5.74, 6) is 0.524. The van der Waals surface area contributed by atoms with E-state index in [4.69, 9.17) is 0 Å². The third-order valence-corrected chi connectivity index (χ3v) is 6.08. The first-order valence-electron chi connectivity index (χ1n) is 10.3. The summed E-state index contributed by atoms with van der Waals surface area (Å²) >= 11 is 0. The molecular formula is C24H23N5O. The van der Waals surface area contributed by atoms with Gasteiger partial charge in [-0.1, -0.05) is 30.9 Å². The molecule has 0 saturated heterocycles. The number of aromatic nitrogens is 4. The molecule has 6 heteroatoms. The summed E-state index contributed by atoms with van der Waals surface area (Å²) in [5, 5.41) is 8.14. The van der Waals surface area contributed by atoms with Gasteiger partial charge >= 0.3 is 0 Å². The van der Waals surface area contributed by atoms with Crippen LogP contribution in [0.4, 0.5) is 5.82 Å². The molecule has 5 rings (SSSR count). The molecule has 3 aromatic heterocycles. The number of hydrogen-bond acceptors (Lipinski definition) is 5. The summed E-state index contributed by atoms with van der Waals surface area (Å²) in [4.78, 5) is 22.0. The first kappa shape index (κ1) is 18.5. The smallest absolute Gasteiger partial charge is 0.270 e. The predicted molar refractivity (Wildman–Crippen MR) is 116 cm³/mol. The highest BCUT2D eigenvalue weighted by Gasteiger charge is 2.40. The van der Waals surface area contributed by atoms with Gasteiger partial charge in [0.05, 0.1) is 22.5 Å². The highest BCUT2D eigenvalue weighted by Crippen LogP contribution is 2.42. The average Bonchev–Trinajstić information content (AvgIpc) is 3.14. The van der Waals surface area contributed by atoms with Gasteiger partial charge in [-0.25, -0.2) is 0 Å². The molecule has 3 aromatic rings. The Morgan fingerprint density at radius 1 is 1.13 bits per heavy atom. The number of anilines is 1. The molecule has 0 unspecified atom stereocenters. The Morgan fingerprint density at radius 3 is 2.37 bits per heavy atom. The molecule has 3 heterocycles. The molecule has 0 bridgehead atoms. The standard InChI is InChI=1S/C24H23N5O/c1-2-22(30)29-19-16-24(20-10-3-5-14-25-20,21-11-4-6-15-26-21)13-12-18(19)23(28-29)27-17-8-7-9-17/h2-6,10-15,17H,1,7-9,16H2,(H,27,28). The van der Waals surface area contributed by atoms with Crippen LogP contribution < -0.4 is 5.32 Å². The van der Waals surface area contributed by atoms with Crippen LogP contribution in [-0.2, 0) is 11.8 Å². The van der Waals surface area contributed by atoms with Gasteiger partial charge in [0.25, 0.3) is 5.91 Å². The lowest BCUT2D eigenvalue weighted by atomic mass is 9.72. The van der Waals surface area contributed by atoms with Crippen molar-refractivity contribution in [2.45, 2.75) is 37.1 Å². The Bertz CT molecular complexity index is 1070. The minimum atomic E-state index is -0.581. The third kappa shape index (κ3) is 2.96. The van der Waals surface area contributed by atoms with Crippen LogP contribution in [0.2, 0.25) is 0 Å². The zero-order valence-electron chi connectivity index (χ0n) is 16.7. The van der Waals surface area contributed by atoms with E-state index in [0.29, 0.717) is 12.5 Å². The van der Waals surface area contributed by atoms with Crippen molar-refractivity contribution in [1.82, 2.24) is 19.7 Å². The maximum Gasteiger partial charge on any atom is 0.270 e. The number of allylic oxidation sites excluding steroid dienone is 2. The molecule has 0 atom stereocenters. The van der Waals surface area contributed by atoms with Crippen LogP contribution in [0.1, 0.15) is 46.7 Å². The molecule has 1 saturated carbocycles. The van der Waals surface area contributed by atoms with Gasteiger partial charge in [-0.2, -0.15) is 4.68 Å². The zero-order chi connectivity index (χ0) is 20.6. The summed E-state index contributed by atoms with van der Waals surface area (Å²) in [6.45, 7) is 3.66. The number of hydrogen-bond donors (Lipinski definition) is 1. The van der Waals surface area contributed by atoms with Gasteiger partial charge in [0.2, 0.25) is 0 Å². The molecular weight excluding hydrogens is 374 g/mol. The molecule has 0 aliphatic heterocycles. The molecule has 2 aliphatic rings. The fourth-order valence-corrected chi connectivity index (χ4v) is 4.22. The van der Waals surface area contributed by atoms with Gasteiger partial charge in [0.1, 0.15) is 0 Å². The minimum Gasteiger partial charge on any atom is -0.365 e. The van der Waals surface area contributed by atoms with Crippen molar-refractivity contribution < 1.29 is 4.79 Å². The van der Waals surface area contributed by atoms with Crippen molar-refractivity contribution in [3.8, 4) is 0 Å². The van der Waals surface area contributed by atoms with E-state index in [-0.39, 0.29) is 5.91 Å². The van der Waals surface area contributed by atoms with Crippen molar-refractivity contribution in [3.63, 3.8) is 0 Å². The predicted octanol–water partition coefficient (Wildman–Crippen LogP) is 4.02. The van der Waals surface area contributed by atoms with E-state index < -0.39 is 5.41 Å². The molecule has 1 N–H and O–H groups in total. The number of carbonyl (C=O) groups is 1. The Hall–Kier alpha value is -3.54. The molecule has 0 spiro atoms. The van der Waals surface area contributed by atoms with E-state index in [1.807, 2.05) is 36.4 Å². The zero-order valence-corrected chi connectivity index (χ0v) is 16.7. The number of carbonyl (C=O) groups excluding carboxylic acids is 1. The van der Waals surface area contributed by atoms with E-state index in [1.54, 1.807) is 12.4 Å². The third-order valence-electron chi connectivity index (χ3n) is 6.08. The molecule has 0 radical (unpaired) electrons. The first-order valence-corrected chi connectivity index (χ1v) is 10.3. The van der Waals surface area contributed by atoms with Crippen LogP contribution in [-0.4, -0.2) is 31.7 Å². The summed E-state index contributed by atoms with van der Waals surface area (Å²) < 4.78 is 1.48. The molecule has 1 fully saturated rings. The Balaban J connectivity index is 1.66. The fraction of sp³-hybridized carbons (Fsp3) is 0.250. The summed E-state index contributed by atoms with van der Waals surface area (Å²) in [6.07, 6.45) is 13.1. The summed E-state index contributed by atoms with van der Waals surface area (Å²) in [6, 6.07) is 12.2. The van der Waals surface area contributed by atoms with Crippen molar-refractivity contribution in [1.29, 1.82) is 0 Å². The van der Waals surface area contributed by atoms with Gasteiger partial charge in [0.15, 0.2) is 5.82 Å². The second-order valence-electron chi connectivity index (χ2n) is 7.85. The van der Waals surface area contributed by atoms with Gasteiger partial charge in [-0.05, 0) is 49.6 Å². The van der Waals surface area contributed by atoms with Crippen molar-refractivity contribution >= 4 is 17.8 Å². The summed E-state index contributed by atoms with van der Waals surface area (Å²) in [5.41, 5.74) is 3.00. The number of rotatable bonds is 5. The van der Waals surface area contributed by atoms with E-state index in [2.05, 4.69) is 39.1 Å². The van der Waals surface area contributed by atoms with Gasteiger partial charge in [-0.15, -0.1) is 5.10 Å². The van der Waals surface area contributed by atoms with Crippen LogP contribution in [0, 0.1) is 0 Å². The van der Waals surface area contributed by atoms with Gasteiger partial charge in [0, 0.05) is 30.4 Å². The second-order valence-corrected chi connectivity index (χ2v) is 7.85. The maximum atomic E-state index is 12.7. The highest BCUT2D eigenvalue weighted by atomic mass is 16.2. The molecule has 0 aromatic carbocycles. The van der Waals surface area contributed by atoms with E-state index in [9.17, 15) is 4.79 Å². The number of pyridine rings is 2. The largest absolute Gasteiger partial charge is 0.365 e. The molecule has 0 amide bonds. The molecule has 2 aliphatic carbocycles. The lowest BCUT2D eigenvalue weighted by Crippen LogP contribution is -2.34. The average molecular weight is 397 g/mol. The van der Waals surface area contributed by atoms with E-state index in [1.165, 1.54) is 17.2 Å². The highest BCUT2D eigenvalue weighted by molar-refractivity contribution is 5.91. The molecule has 150 valence electrons. The van der Waals surface area contributed by atoms with Crippen LogP contribution >= 0.6 is 0 Å². The van der Waals surface area contributed by atoms with E-state index >= 15 is 0 Å². The molecule has 30 heavy (non-hydrogen) atoms. The van der Waals surface area contributed by atoms with Gasteiger partial charge in [-0.3, -0.25) is 14.8 Å². The Labute approximate surface area is 175 Å². The van der Waals surface area contributed by atoms with Crippen LogP contribution in [0.3, 0.4) is 0 Å². The van der Waals surface area contributed by atoms with Gasteiger partial charge < -0.3 is 5.32 Å². The monoisotopic (exact) mass is 397 g/mol. The lowest BCUT2D eigenvalue weighted by molar-refractivity contribution is 0.0950. The molecule has 6 nitrogen and oxygen atoms in total. The van der Waals surface area contributed by atoms with Crippen LogP contribution in [0.15, 0.2) is 67.5 Å². The fourth-order valence-electron chi connectivity index (χ4n) is 4.22. The van der Waals surface area contributed by atoms with Crippen molar-refractivity contribution in [2.24, 2.45) is 0 Å². The quantitative estimate of drug-likeness (QED) is 0.659. The SMILES string of the molecule is C=CC(=O)n1nc(NC2CCC2)c2c1CC(c1ccccn1)(c1ccccn1)C=C2. The maximum absolute atomic E-state index is 12.7. The summed E-state index contributed by atoms with van der Waals surface area (Å²) in [7, 11) is 0. The minimum absolute atomic E-state index is 0.237. The van der Waals surface area contributed by atoms with Crippen molar-refractivity contribution in [3.05, 3.63) is 90.2 Å². The first-order chi connectivity index (χ1) is 14.7.